The number of amides is 1. The van der Waals surface area contributed by atoms with Crippen LogP contribution in [0.1, 0.15) is 24.8 Å². The lowest BCUT2D eigenvalue weighted by molar-refractivity contribution is -0.131. The van der Waals surface area contributed by atoms with Crippen molar-refractivity contribution in [3.05, 3.63) is 57.7 Å². The Kier molecular flexibility index (Phi) is 5.11. The number of hydrogen-bond acceptors (Lipinski definition) is 4. The van der Waals surface area contributed by atoms with Crippen molar-refractivity contribution in [3.63, 3.8) is 0 Å². The molecule has 4 rings (SSSR count). The van der Waals surface area contributed by atoms with Crippen LogP contribution < -0.4 is 0 Å². The van der Waals surface area contributed by atoms with Gasteiger partial charge in [0, 0.05) is 23.7 Å². The number of allylic oxidation sites excluding steroid dienone is 2. The summed E-state index contributed by atoms with van der Waals surface area (Å²) in [5, 5.41) is 5.58. The van der Waals surface area contributed by atoms with Gasteiger partial charge in [0.1, 0.15) is 11.7 Å². The molecule has 1 aromatic carbocycles. The highest BCUT2D eigenvalue weighted by molar-refractivity contribution is 7.93. The van der Waals surface area contributed by atoms with Gasteiger partial charge in [0.05, 0.1) is 17.2 Å². The second-order valence-corrected chi connectivity index (χ2v) is 9.31. The minimum atomic E-state index is -3.64. The molecule has 1 fully saturated rings. The monoisotopic (exact) mass is 423 g/mol. The highest BCUT2D eigenvalue weighted by Crippen LogP contribution is 2.30. The lowest BCUT2D eigenvalue weighted by Gasteiger charge is -2.27. The van der Waals surface area contributed by atoms with Crippen LogP contribution in [-0.4, -0.2) is 42.4 Å². The van der Waals surface area contributed by atoms with E-state index in [1.807, 2.05) is 0 Å². The SMILES string of the molecule is O=C1C2C=C(S(=O)(=O)N3CCCCC3)C=CC2=NN1Cc1c(F)cccc1Cl. The zero-order valence-corrected chi connectivity index (χ0v) is 16.6. The molecule has 1 amide bonds. The molecule has 0 aromatic heterocycles. The second kappa shape index (κ2) is 7.42. The van der Waals surface area contributed by atoms with Gasteiger partial charge in [-0.1, -0.05) is 24.1 Å². The number of rotatable bonds is 4. The summed E-state index contributed by atoms with van der Waals surface area (Å²) in [6.45, 7) is 0.871. The topological polar surface area (TPSA) is 70.0 Å². The molecule has 1 aromatic rings. The molecule has 0 N–H and O–H groups in total. The number of sulfonamides is 1. The number of nitrogens with zero attached hydrogens (tertiary/aromatic N) is 3. The molecule has 6 nitrogen and oxygen atoms in total. The van der Waals surface area contributed by atoms with Crippen molar-refractivity contribution in [2.75, 3.05) is 13.1 Å². The summed E-state index contributed by atoms with van der Waals surface area (Å²) >= 11 is 6.04. The first kappa shape index (κ1) is 19.3. The lowest BCUT2D eigenvalue weighted by Crippen LogP contribution is -2.37. The maximum atomic E-state index is 14.0. The van der Waals surface area contributed by atoms with Crippen LogP contribution in [0.5, 0.6) is 0 Å². The average Bonchev–Trinajstić information content (AvgIpc) is 3.00. The maximum absolute atomic E-state index is 14.0. The molecule has 0 saturated carbocycles. The smallest absolute Gasteiger partial charge is 0.256 e. The van der Waals surface area contributed by atoms with Gasteiger partial charge in [-0.3, -0.25) is 4.79 Å². The van der Waals surface area contributed by atoms with E-state index in [4.69, 9.17) is 11.6 Å². The van der Waals surface area contributed by atoms with Gasteiger partial charge in [0.25, 0.3) is 5.91 Å². The number of fused-ring (bicyclic) bond motifs is 1. The Labute approximate surface area is 168 Å². The fraction of sp³-hybridized carbons (Fsp3) is 0.368. The van der Waals surface area contributed by atoms with Crippen molar-refractivity contribution in [2.24, 2.45) is 11.0 Å². The standard InChI is InChI=1S/C19H19ClFN3O3S/c20-16-5-4-6-17(21)15(16)12-24-19(25)14-11-13(7-8-18(14)22-24)28(26,27)23-9-2-1-3-10-23/h4-8,11,14H,1-3,9-10,12H2. The van der Waals surface area contributed by atoms with Crippen LogP contribution in [0.25, 0.3) is 0 Å². The van der Waals surface area contributed by atoms with Gasteiger partial charge in [0.2, 0.25) is 10.0 Å². The van der Waals surface area contributed by atoms with Crippen LogP contribution in [0, 0.1) is 11.7 Å². The van der Waals surface area contributed by atoms with E-state index in [0.29, 0.717) is 18.8 Å². The Morgan fingerprint density at radius 3 is 2.64 bits per heavy atom. The summed E-state index contributed by atoms with van der Waals surface area (Å²) in [4.78, 5) is 12.9. The van der Waals surface area contributed by atoms with Crippen LogP contribution in [0.4, 0.5) is 4.39 Å². The number of carbonyl (C=O) groups is 1. The van der Waals surface area contributed by atoms with Gasteiger partial charge in [-0.15, -0.1) is 0 Å². The molecule has 0 radical (unpaired) electrons. The van der Waals surface area contributed by atoms with Crippen molar-refractivity contribution in [2.45, 2.75) is 25.8 Å². The molecule has 1 aliphatic carbocycles. The first-order chi connectivity index (χ1) is 13.4. The molecule has 2 aliphatic heterocycles. The van der Waals surface area contributed by atoms with Crippen molar-refractivity contribution >= 4 is 33.2 Å². The molecule has 9 heteroatoms. The summed E-state index contributed by atoms with van der Waals surface area (Å²) in [6, 6.07) is 4.30. The number of hydrazone groups is 1. The van der Waals surface area contributed by atoms with Crippen molar-refractivity contribution in [1.82, 2.24) is 9.31 Å². The van der Waals surface area contributed by atoms with Gasteiger partial charge in [-0.2, -0.15) is 9.41 Å². The highest BCUT2D eigenvalue weighted by Gasteiger charge is 2.38. The molecule has 1 atom stereocenters. The van der Waals surface area contributed by atoms with Crippen LogP contribution in [0.3, 0.4) is 0 Å². The zero-order chi connectivity index (χ0) is 19.9. The molecule has 148 valence electrons. The Hall–Kier alpha value is -2.03. The van der Waals surface area contributed by atoms with E-state index < -0.39 is 27.7 Å². The highest BCUT2D eigenvalue weighted by atomic mass is 35.5. The van der Waals surface area contributed by atoms with Gasteiger partial charge < -0.3 is 0 Å². The minimum Gasteiger partial charge on any atom is -0.272 e. The molecule has 1 saturated heterocycles. The van der Waals surface area contributed by atoms with E-state index in [1.54, 1.807) is 12.1 Å². The average molecular weight is 424 g/mol. The Balaban J connectivity index is 1.57. The molecular formula is C19H19ClFN3O3S. The molecule has 0 spiro atoms. The van der Waals surface area contributed by atoms with Crippen LogP contribution in [0.15, 0.2) is 46.4 Å². The summed E-state index contributed by atoms with van der Waals surface area (Å²) in [5.74, 6) is -1.70. The molecular weight excluding hydrogens is 405 g/mol. The van der Waals surface area contributed by atoms with Crippen molar-refractivity contribution < 1.29 is 17.6 Å². The van der Waals surface area contributed by atoms with Crippen molar-refractivity contribution in [3.8, 4) is 0 Å². The number of piperidine rings is 1. The first-order valence-electron chi connectivity index (χ1n) is 9.11. The zero-order valence-electron chi connectivity index (χ0n) is 15.0. The quantitative estimate of drug-likeness (QED) is 0.747. The van der Waals surface area contributed by atoms with E-state index in [9.17, 15) is 17.6 Å². The van der Waals surface area contributed by atoms with E-state index in [-0.39, 0.29) is 22.0 Å². The second-order valence-electron chi connectivity index (χ2n) is 6.97. The molecule has 28 heavy (non-hydrogen) atoms. The van der Waals surface area contributed by atoms with E-state index in [0.717, 1.165) is 24.3 Å². The summed E-state index contributed by atoms with van der Waals surface area (Å²) < 4.78 is 41.3. The third-order valence-corrected chi connectivity index (χ3v) is 7.41. The number of halogens is 2. The van der Waals surface area contributed by atoms with E-state index >= 15 is 0 Å². The molecule has 2 heterocycles. The van der Waals surface area contributed by atoms with Gasteiger partial charge >= 0.3 is 0 Å². The Morgan fingerprint density at radius 2 is 1.93 bits per heavy atom. The number of carbonyl (C=O) groups excluding carboxylic acids is 1. The Bertz CT molecular complexity index is 993. The predicted molar refractivity (Wildman–Crippen MR) is 104 cm³/mol. The maximum Gasteiger partial charge on any atom is 0.256 e. The van der Waals surface area contributed by atoms with Crippen LogP contribution in [-0.2, 0) is 21.4 Å². The first-order valence-corrected chi connectivity index (χ1v) is 10.9. The van der Waals surface area contributed by atoms with Gasteiger partial charge in [-0.25, -0.2) is 17.8 Å². The van der Waals surface area contributed by atoms with E-state index in [2.05, 4.69) is 5.10 Å². The molecule has 0 bridgehead atoms. The number of hydrogen-bond donors (Lipinski definition) is 0. The minimum absolute atomic E-state index is 0.109. The lowest BCUT2D eigenvalue weighted by atomic mass is 9.99. The van der Waals surface area contributed by atoms with Gasteiger partial charge in [-0.05, 0) is 43.2 Å². The summed E-state index contributed by atoms with van der Waals surface area (Å²) in [7, 11) is -3.64. The number of benzene rings is 1. The Morgan fingerprint density at radius 1 is 1.18 bits per heavy atom. The summed E-state index contributed by atoms with van der Waals surface area (Å²) in [6.07, 6.45) is 7.15. The fourth-order valence-electron chi connectivity index (χ4n) is 3.59. The fourth-order valence-corrected chi connectivity index (χ4v) is 5.40. The summed E-state index contributed by atoms with van der Waals surface area (Å²) in [5.41, 5.74) is 0.615. The predicted octanol–water partition coefficient (Wildman–Crippen LogP) is 3.06. The largest absolute Gasteiger partial charge is 0.272 e. The van der Waals surface area contributed by atoms with Crippen molar-refractivity contribution in [1.29, 1.82) is 0 Å². The normalized spacial score (nSPS) is 22.9. The van der Waals surface area contributed by atoms with Gasteiger partial charge in [0.15, 0.2) is 0 Å². The third kappa shape index (κ3) is 3.40. The third-order valence-electron chi connectivity index (χ3n) is 5.15. The van der Waals surface area contributed by atoms with E-state index in [1.165, 1.54) is 28.6 Å². The molecule has 3 aliphatic rings. The molecule has 1 unspecified atom stereocenters. The van der Waals surface area contributed by atoms with Crippen LogP contribution >= 0.6 is 11.6 Å². The van der Waals surface area contributed by atoms with Crippen LogP contribution in [0.2, 0.25) is 5.02 Å².